The first-order chi connectivity index (χ1) is 17.2. The molecule has 5 N–H and O–H groups in total. The van der Waals surface area contributed by atoms with E-state index in [1.807, 2.05) is 18.4 Å². The minimum absolute atomic E-state index is 0.0675. The predicted molar refractivity (Wildman–Crippen MR) is 152 cm³/mol. The number of phenols is 1. The Morgan fingerprint density at radius 1 is 1.08 bits per heavy atom. The van der Waals surface area contributed by atoms with Crippen LogP contribution in [0, 0.1) is 5.92 Å². The number of carbonyl (C=O) groups is 2. The number of para-hydroxylation sites is 2. The molecule has 3 aromatic rings. The molecule has 2 amide bonds. The van der Waals surface area contributed by atoms with Gasteiger partial charge in [0.25, 0.3) is 0 Å². The smallest absolute Gasteiger partial charge is 0.412 e. The van der Waals surface area contributed by atoms with Crippen molar-refractivity contribution >= 4 is 72.7 Å². The second kappa shape index (κ2) is 12.8. The lowest BCUT2D eigenvalue weighted by Gasteiger charge is -2.24. The minimum Gasteiger partial charge on any atom is -0.506 e. The van der Waals surface area contributed by atoms with E-state index in [-0.39, 0.29) is 5.75 Å². The summed E-state index contributed by atoms with van der Waals surface area (Å²) in [6.07, 6.45) is 3.31. The molecule has 2 atom stereocenters. The van der Waals surface area contributed by atoms with Gasteiger partial charge in [0.05, 0.1) is 15.8 Å². The van der Waals surface area contributed by atoms with Crippen LogP contribution in [0.1, 0.15) is 18.6 Å². The van der Waals surface area contributed by atoms with Crippen molar-refractivity contribution in [3.05, 3.63) is 87.3 Å². The van der Waals surface area contributed by atoms with Gasteiger partial charge in [-0.2, -0.15) is 0 Å². The lowest BCUT2D eigenvalue weighted by atomic mass is 9.96. The molecule has 0 saturated carbocycles. The van der Waals surface area contributed by atoms with Crippen LogP contribution in [0.4, 0.5) is 21.9 Å². The van der Waals surface area contributed by atoms with Crippen molar-refractivity contribution in [3.8, 4) is 5.75 Å². The first-order valence-electron chi connectivity index (χ1n) is 10.8. The number of phenolic OH excluding ortho intramolecular Hbond substituents is 1. The average Bonchev–Trinajstić information content (AvgIpc) is 2.85. The van der Waals surface area contributed by atoms with Crippen LogP contribution in [0.5, 0.6) is 5.75 Å². The molecule has 7 nitrogen and oxygen atoms in total. The van der Waals surface area contributed by atoms with Crippen LogP contribution in [0.15, 0.2) is 86.7 Å². The second-order valence-corrected chi connectivity index (χ2v) is 10.4. The number of hydrogen-bond acceptors (Lipinski definition) is 6. The molecule has 3 rings (SSSR count). The fourth-order valence-electron chi connectivity index (χ4n) is 3.32. The largest absolute Gasteiger partial charge is 0.506 e. The fourth-order valence-corrected chi connectivity index (χ4v) is 4.99. The Morgan fingerprint density at radius 2 is 1.78 bits per heavy atom. The van der Waals surface area contributed by atoms with Gasteiger partial charge in [-0.15, -0.1) is 11.8 Å². The molecule has 3 aromatic carbocycles. The van der Waals surface area contributed by atoms with Crippen LogP contribution in [0.2, 0.25) is 0 Å². The van der Waals surface area contributed by atoms with E-state index in [1.165, 1.54) is 6.08 Å². The Morgan fingerprint density at radius 3 is 2.44 bits per heavy atom. The highest BCUT2D eigenvalue weighted by Crippen LogP contribution is 2.40. The third-order valence-corrected chi connectivity index (χ3v) is 6.99. The normalized spacial score (nSPS) is 12.7. The monoisotopic (exact) mass is 633 g/mol. The van der Waals surface area contributed by atoms with Crippen molar-refractivity contribution in [2.75, 3.05) is 22.6 Å². The van der Waals surface area contributed by atoms with E-state index in [1.54, 1.807) is 73.3 Å². The van der Waals surface area contributed by atoms with E-state index in [0.717, 1.165) is 4.90 Å². The van der Waals surface area contributed by atoms with Crippen molar-refractivity contribution < 1.29 is 19.4 Å². The summed E-state index contributed by atoms with van der Waals surface area (Å²) in [6.45, 7) is 1.78. The molecule has 10 heteroatoms. The van der Waals surface area contributed by atoms with Crippen LogP contribution in [-0.2, 0) is 9.53 Å². The van der Waals surface area contributed by atoms with E-state index in [0.29, 0.717) is 31.6 Å². The Balaban J connectivity index is 1.81. The summed E-state index contributed by atoms with van der Waals surface area (Å²) >= 11 is 8.33. The first-order valence-corrected chi connectivity index (χ1v) is 13.6. The van der Waals surface area contributed by atoms with Crippen molar-refractivity contribution in [1.82, 2.24) is 0 Å². The first kappa shape index (κ1) is 27.6. The molecule has 0 aromatic heterocycles. The Bertz CT molecular complexity index is 1270. The SMILES string of the molecule is CSc1ccc(NC(=O)O[C@@H](c2cc(Br)cc(Br)c2O)[C@H](C)/C=C/C(=O)Nc2ccccc2N)cc1. The Hall–Kier alpha value is -2.95. The molecule has 0 aliphatic carbocycles. The van der Waals surface area contributed by atoms with E-state index >= 15 is 0 Å². The number of hydrogen-bond donors (Lipinski definition) is 4. The van der Waals surface area contributed by atoms with Crippen LogP contribution in [-0.4, -0.2) is 23.4 Å². The summed E-state index contributed by atoms with van der Waals surface area (Å²) in [7, 11) is 0. The van der Waals surface area contributed by atoms with Gasteiger partial charge in [-0.3, -0.25) is 10.1 Å². The maximum atomic E-state index is 12.8. The molecule has 0 fully saturated rings. The standard InChI is InChI=1S/C26H25Br2N3O4S/c1-15(7-12-23(32)31-22-6-4-3-5-21(22)29)25(19-13-16(27)14-20(28)24(19)33)35-26(34)30-17-8-10-18(36-2)11-9-17/h3-15,25,33H,29H2,1-2H3,(H,30,34)(H,31,32)/b12-7+/t15-,25-/m1/s1. The maximum Gasteiger partial charge on any atom is 0.412 e. The highest BCUT2D eigenvalue weighted by Gasteiger charge is 2.27. The van der Waals surface area contributed by atoms with Crippen LogP contribution in [0.3, 0.4) is 0 Å². The molecule has 0 bridgehead atoms. The third kappa shape index (κ3) is 7.52. The van der Waals surface area contributed by atoms with E-state index in [9.17, 15) is 14.7 Å². The van der Waals surface area contributed by atoms with Crippen LogP contribution < -0.4 is 16.4 Å². The number of carbonyl (C=O) groups excluding carboxylic acids is 2. The number of rotatable bonds is 8. The molecule has 188 valence electrons. The van der Waals surface area contributed by atoms with Crippen LogP contribution in [0.25, 0.3) is 0 Å². The van der Waals surface area contributed by atoms with Crippen LogP contribution >= 0.6 is 43.6 Å². The van der Waals surface area contributed by atoms with Gasteiger partial charge in [0, 0.05) is 26.5 Å². The summed E-state index contributed by atoms with van der Waals surface area (Å²) < 4.78 is 6.87. The number of anilines is 3. The van der Waals surface area contributed by atoms with Gasteiger partial charge in [-0.25, -0.2) is 4.79 Å². The quantitative estimate of drug-likeness (QED) is 0.117. The zero-order valence-electron chi connectivity index (χ0n) is 19.5. The van der Waals surface area contributed by atoms with E-state index in [2.05, 4.69) is 42.5 Å². The molecule has 0 spiro atoms. The molecule has 0 saturated heterocycles. The number of thioether (sulfide) groups is 1. The van der Waals surface area contributed by atoms with E-state index < -0.39 is 24.0 Å². The highest BCUT2D eigenvalue weighted by atomic mass is 79.9. The average molecular weight is 635 g/mol. The molecule has 0 aliphatic heterocycles. The lowest BCUT2D eigenvalue weighted by Crippen LogP contribution is -2.22. The summed E-state index contributed by atoms with van der Waals surface area (Å²) in [5.41, 5.74) is 7.76. The zero-order valence-corrected chi connectivity index (χ0v) is 23.5. The van der Waals surface area contributed by atoms with Gasteiger partial charge in [0.2, 0.25) is 5.91 Å². The summed E-state index contributed by atoms with van der Waals surface area (Å²) in [5.74, 6) is -0.945. The van der Waals surface area contributed by atoms with Gasteiger partial charge < -0.3 is 20.9 Å². The summed E-state index contributed by atoms with van der Waals surface area (Å²) in [6, 6.07) is 17.6. The van der Waals surface area contributed by atoms with Gasteiger partial charge >= 0.3 is 6.09 Å². The number of nitrogen functional groups attached to an aromatic ring is 1. The van der Waals surface area contributed by atoms with Crippen molar-refractivity contribution in [3.63, 3.8) is 0 Å². The predicted octanol–water partition coefficient (Wildman–Crippen LogP) is 7.34. The fraction of sp³-hybridized carbons (Fsp3) is 0.154. The number of nitrogens with one attached hydrogen (secondary N) is 2. The van der Waals surface area contributed by atoms with Crippen molar-refractivity contribution in [2.24, 2.45) is 5.92 Å². The summed E-state index contributed by atoms with van der Waals surface area (Å²) in [5, 5.41) is 16.1. The minimum atomic E-state index is -0.907. The summed E-state index contributed by atoms with van der Waals surface area (Å²) in [4.78, 5) is 26.3. The number of amides is 2. The Kier molecular flexibility index (Phi) is 9.86. The number of benzene rings is 3. The molecular weight excluding hydrogens is 610 g/mol. The van der Waals surface area contributed by atoms with Crippen molar-refractivity contribution in [2.45, 2.75) is 17.9 Å². The second-order valence-electron chi connectivity index (χ2n) is 7.80. The van der Waals surface area contributed by atoms with Gasteiger partial charge in [-0.05, 0) is 76.8 Å². The molecule has 0 aliphatic rings. The molecule has 0 radical (unpaired) electrons. The van der Waals surface area contributed by atoms with Gasteiger partial charge in [-0.1, -0.05) is 41.1 Å². The molecule has 0 heterocycles. The number of halogens is 2. The molecular formula is C26H25Br2N3O4S. The number of aromatic hydroxyl groups is 1. The lowest BCUT2D eigenvalue weighted by molar-refractivity contribution is -0.111. The third-order valence-electron chi connectivity index (χ3n) is 5.18. The maximum absolute atomic E-state index is 12.8. The van der Waals surface area contributed by atoms with Gasteiger partial charge in [0.15, 0.2) is 0 Å². The Labute approximate surface area is 230 Å². The number of ether oxygens (including phenoxy) is 1. The molecule has 36 heavy (non-hydrogen) atoms. The van der Waals surface area contributed by atoms with Gasteiger partial charge in [0.1, 0.15) is 11.9 Å². The highest BCUT2D eigenvalue weighted by molar-refractivity contribution is 9.11. The molecule has 0 unspecified atom stereocenters. The zero-order chi connectivity index (χ0) is 26.2. The number of nitrogens with two attached hydrogens (primary N) is 1. The van der Waals surface area contributed by atoms with Crippen molar-refractivity contribution in [1.29, 1.82) is 0 Å². The van der Waals surface area contributed by atoms with E-state index in [4.69, 9.17) is 10.5 Å². The topological polar surface area (TPSA) is 114 Å².